The molecule has 0 spiro atoms. The lowest BCUT2D eigenvalue weighted by atomic mass is 10.0. The Balaban J connectivity index is 2.08. The molecule has 6 nitrogen and oxygen atoms in total. The molecule has 2 atom stereocenters. The van der Waals surface area contributed by atoms with Crippen molar-refractivity contribution in [2.24, 2.45) is 0 Å². The molecule has 0 saturated carbocycles. The molecule has 1 saturated heterocycles. The predicted octanol–water partition coefficient (Wildman–Crippen LogP) is 2.12. The van der Waals surface area contributed by atoms with E-state index in [9.17, 15) is 4.79 Å². The molecule has 1 aromatic carbocycles. The smallest absolute Gasteiger partial charge is 0.262 e. The lowest BCUT2D eigenvalue weighted by molar-refractivity contribution is -0.135. The van der Waals surface area contributed by atoms with Crippen LogP contribution in [0.2, 0.25) is 0 Å². The average Bonchev–Trinajstić information content (AvgIpc) is 2.63. The van der Waals surface area contributed by atoms with Crippen molar-refractivity contribution in [3.05, 3.63) is 23.8 Å². The summed E-state index contributed by atoms with van der Waals surface area (Å²) >= 11 is 0. The first-order chi connectivity index (χ1) is 12.4. The van der Waals surface area contributed by atoms with Crippen LogP contribution >= 0.6 is 0 Å². The van der Waals surface area contributed by atoms with Gasteiger partial charge in [-0.1, -0.05) is 6.07 Å². The first kappa shape index (κ1) is 20.5. The van der Waals surface area contributed by atoms with Crippen molar-refractivity contribution in [1.29, 1.82) is 0 Å². The molecule has 1 amide bonds. The molecule has 1 heterocycles. The van der Waals surface area contributed by atoms with Gasteiger partial charge in [0.05, 0.1) is 6.61 Å². The van der Waals surface area contributed by atoms with Gasteiger partial charge in [-0.2, -0.15) is 0 Å². The summed E-state index contributed by atoms with van der Waals surface area (Å²) in [5.74, 6) is 1.25. The lowest BCUT2D eigenvalue weighted by Gasteiger charge is -2.32. The third-order valence-corrected chi connectivity index (χ3v) is 4.72. The predicted molar refractivity (Wildman–Crippen MR) is 104 cm³/mol. The Morgan fingerprint density at radius 1 is 1.38 bits per heavy atom. The Hall–Kier alpha value is -1.79. The van der Waals surface area contributed by atoms with Crippen LogP contribution in [-0.4, -0.2) is 68.7 Å². The number of nitrogens with one attached hydrogen (secondary N) is 1. The number of carbonyl (C=O) groups excluding carboxylic acids is 1. The van der Waals surface area contributed by atoms with Crippen molar-refractivity contribution >= 4 is 5.91 Å². The molecule has 146 valence electrons. The van der Waals surface area contributed by atoms with Crippen molar-refractivity contribution in [3.8, 4) is 11.5 Å². The molecule has 2 rings (SSSR count). The number of rotatable bonds is 8. The van der Waals surface area contributed by atoms with Gasteiger partial charge in [0.25, 0.3) is 5.91 Å². The van der Waals surface area contributed by atoms with Gasteiger partial charge in [0.15, 0.2) is 17.6 Å². The minimum atomic E-state index is -0.548. The quantitative estimate of drug-likeness (QED) is 0.767. The Kier molecular flexibility index (Phi) is 7.72. The first-order valence-electron chi connectivity index (χ1n) is 9.47. The van der Waals surface area contributed by atoms with Crippen LogP contribution in [0, 0.1) is 0 Å². The van der Waals surface area contributed by atoms with E-state index >= 15 is 0 Å². The molecule has 1 fully saturated rings. The van der Waals surface area contributed by atoms with E-state index in [1.807, 2.05) is 26.1 Å². The molecule has 0 radical (unpaired) electrons. The maximum Gasteiger partial charge on any atom is 0.262 e. The summed E-state index contributed by atoms with van der Waals surface area (Å²) in [5.41, 5.74) is 1.20. The van der Waals surface area contributed by atoms with Gasteiger partial charge in [0, 0.05) is 33.2 Å². The van der Waals surface area contributed by atoms with Crippen LogP contribution in [-0.2, 0) is 11.3 Å². The number of likely N-dealkylation sites (tertiary alicyclic amines) is 1. The molecule has 1 N–H and O–H groups in total. The molecule has 1 aliphatic heterocycles. The zero-order valence-electron chi connectivity index (χ0n) is 16.7. The van der Waals surface area contributed by atoms with Gasteiger partial charge < -0.3 is 19.7 Å². The molecule has 6 heteroatoms. The number of nitrogens with zero attached hydrogens (tertiary/aromatic N) is 2. The highest BCUT2D eigenvalue weighted by molar-refractivity contribution is 5.80. The first-order valence-corrected chi connectivity index (χ1v) is 9.47. The van der Waals surface area contributed by atoms with Crippen LogP contribution in [0.15, 0.2) is 18.2 Å². The van der Waals surface area contributed by atoms with Gasteiger partial charge >= 0.3 is 0 Å². The fraction of sp³-hybridized carbons (Fsp3) is 0.650. The summed E-state index contributed by atoms with van der Waals surface area (Å²) in [6.07, 6.45) is 1.91. The number of benzene rings is 1. The topological polar surface area (TPSA) is 54.0 Å². The summed E-state index contributed by atoms with van der Waals surface area (Å²) in [4.78, 5) is 16.1. The second kappa shape index (κ2) is 9.78. The monoisotopic (exact) mass is 363 g/mol. The van der Waals surface area contributed by atoms with Gasteiger partial charge in [0.1, 0.15) is 0 Å². The minimum Gasteiger partial charge on any atom is -0.490 e. The normalized spacial score (nSPS) is 19.0. The van der Waals surface area contributed by atoms with Crippen LogP contribution in [0.25, 0.3) is 0 Å². The number of likely N-dealkylation sites (N-methyl/N-ethyl adjacent to an activating group) is 2. The number of carbonyl (C=O) groups is 1. The van der Waals surface area contributed by atoms with E-state index in [0.717, 1.165) is 19.6 Å². The highest BCUT2D eigenvalue weighted by Crippen LogP contribution is 2.30. The van der Waals surface area contributed by atoms with Crippen LogP contribution < -0.4 is 14.8 Å². The summed E-state index contributed by atoms with van der Waals surface area (Å²) in [7, 11) is 5.49. The standard InChI is InChI=1S/C20H33N3O3/c1-6-25-19-12-16(13-23-11-7-8-17(14-23)21-3)9-10-18(19)26-15(2)20(24)22(4)5/h9-10,12,15,17,21H,6-8,11,13-14H2,1-5H3. The van der Waals surface area contributed by atoms with Gasteiger partial charge in [-0.25, -0.2) is 0 Å². The van der Waals surface area contributed by atoms with E-state index in [4.69, 9.17) is 9.47 Å². The SMILES string of the molecule is CCOc1cc(CN2CCCC(NC)C2)ccc1OC(C)C(=O)N(C)C. The van der Waals surface area contributed by atoms with Crippen molar-refractivity contribution in [3.63, 3.8) is 0 Å². The molecule has 2 unspecified atom stereocenters. The molecule has 26 heavy (non-hydrogen) atoms. The largest absolute Gasteiger partial charge is 0.490 e. The van der Waals surface area contributed by atoms with Gasteiger partial charge in [-0.15, -0.1) is 0 Å². The van der Waals surface area contributed by atoms with E-state index in [1.165, 1.54) is 23.3 Å². The van der Waals surface area contributed by atoms with E-state index in [0.29, 0.717) is 24.1 Å². The maximum atomic E-state index is 12.1. The zero-order chi connectivity index (χ0) is 19.1. The molecule has 0 aromatic heterocycles. The average molecular weight is 364 g/mol. The third kappa shape index (κ3) is 5.61. The van der Waals surface area contributed by atoms with Crippen LogP contribution in [0.5, 0.6) is 11.5 Å². The summed E-state index contributed by atoms with van der Waals surface area (Å²) in [6, 6.07) is 6.58. The Morgan fingerprint density at radius 2 is 2.15 bits per heavy atom. The fourth-order valence-electron chi connectivity index (χ4n) is 3.31. The fourth-order valence-corrected chi connectivity index (χ4v) is 3.31. The van der Waals surface area contributed by atoms with Crippen molar-refractivity contribution in [2.75, 3.05) is 40.8 Å². The molecule has 1 aliphatic rings. The number of piperidine rings is 1. The van der Waals surface area contributed by atoms with Gasteiger partial charge in [-0.3, -0.25) is 9.69 Å². The Morgan fingerprint density at radius 3 is 2.81 bits per heavy atom. The number of hydrogen-bond donors (Lipinski definition) is 1. The van der Waals surface area contributed by atoms with E-state index in [1.54, 1.807) is 21.0 Å². The van der Waals surface area contributed by atoms with Crippen molar-refractivity contribution < 1.29 is 14.3 Å². The second-order valence-corrected chi connectivity index (χ2v) is 7.07. The molecule has 0 aliphatic carbocycles. The van der Waals surface area contributed by atoms with Crippen molar-refractivity contribution in [2.45, 2.75) is 45.4 Å². The second-order valence-electron chi connectivity index (χ2n) is 7.07. The van der Waals surface area contributed by atoms with Gasteiger partial charge in [-0.05, 0) is 58.0 Å². The molecular weight excluding hydrogens is 330 g/mol. The summed E-state index contributed by atoms with van der Waals surface area (Å²) in [6.45, 7) is 7.35. The summed E-state index contributed by atoms with van der Waals surface area (Å²) < 4.78 is 11.6. The van der Waals surface area contributed by atoms with E-state index in [-0.39, 0.29) is 5.91 Å². The third-order valence-electron chi connectivity index (χ3n) is 4.72. The number of amides is 1. The van der Waals surface area contributed by atoms with Gasteiger partial charge in [0.2, 0.25) is 0 Å². The zero-order valence-corrected chi connectivity index (χ0v) is 16.7. The molecular formula is C20H33N3O3. The van der Waals surface area contributed by atoms with E-state index < -0.39 is 6.10 Å². The van der Waals surface area contributed by atoms with Crippen LogP contribution in [0.4, 0.5) is 0 Å². The number of hydrogen-bond acceptors (Lipinski definition) is 5. The molecule has 0 bridgehead atoms. The van der Waals surface area contributed by atoms with E-state index in [2.05, 4.69) is 16.3 Å². The Bertz CT molecular complexity index is 592. The van der Waals surface area contributed by atoms with Crippen LogP contribution in [0.3, 0.4) is 0 Å². The summed E-state index contributed by atoms with van der Waals surface area (Å²) in [5, 5.41) is 3.38. The Labute approximate surface area is 157 Å². The maximum absolute atomic E-state index is 12.1. The lowest BCUT2D eigenvalue weighted by Crippen LogP contribution is -2.43. The highest BCUT2D eigenvalue weighted by atomic mass is 16.5. The molecule has 1 aromatic rings. The highest BCUT2D eigenvalue weighted by Gasteiger charge is 2.21. The number of ether oxygens (including phenoxy) is 2. The minimum absolute atomic E-state index is 0.0667. The van der Waals surface area contributed by atoms with Crippen molar-refractivity contribution in [1.82, 2.24) is 15.1 Å². The van der Waals surface area contributed by atoms with Crippen LogP contribution in [0.1, 0.15) is 32.3 Å².